The standard InChI is InChI=1S/C6H11N.C6H12O3/c1-3-4-6(2)5-7;1-5(4-8-3)9-6(2)7/h6H,3-4H2,1-2H3;5H,4H2,1-3H3. The number of nitrogens with zero attached hydrogens (tertiary/aromatic N) is 1. The fourth-order valence-electron chi connectivity index (χ4n) is 1.05. The summed E-state index contributed by atoms with van der Waals surface area (Å²) < 4.78 is 9.45. The molecule has 0 bridgehead atoms. The van der Waals surface area contributed by atoms with Crippen molar-refractivity contribution in [3.8, 4) is 6.07 Å². The molecule has 0 heterocycles. The molecule has 0 aliphatic heterocycles. The number of nitriles is 1. The Bertz CT molecular complexity index is 211. The normalized spacial score (nSPS) is 12.8. The van der Waals surface area contributed by atoms with Crippen LogP contribution in [-0.2, 0) is 14.3 Å². The summed E-state index contributed by atoms with van der Waals surface area (Å²) >= 11 is 0. The molecule has 94 valence electrons. The molecule has 0 N–H and O–H groups in total. The molecule has 0 amide bonds. The van der Waals surface area contributed by atoms with Crippen molar-refractivity contribution in [2.75, 3.05) is 13.7 Å². The maximum atomic E-state index is 10.3. The summed E-state index contributed by atoms with van der Waals surface area (Å²) in [6.45, 7) is 7.66. The highest BCUT2D eigenvalue weighted by Gasteiger charge is 2.02. The molecule has 0 aromatic rings. The molecule has 4 nitrogen and oxygen atoms in total. The molecule has 0 radical (unpaired) electrons. The Kier molecular flexibility index (Phi) is 13.0. The van der Waals surface area contributed by atoms with Crippen LogP contribution in [0.5, 0.6) is 0 Å². The molecular weight excluding hydrogens is 206 g/mol. The lowest BCUT2D eigenvalue weighted by atomic mass is 10.1. The van der Waals surface area contributed by atoms with Gasteiger partial charge in [0.05, 0.1) is 12.7 Å². The predicted octanol–water partition coefficient (Wildman–Crippen LogP) is 2.53. The van der Waals surface area contributed by atoms with E-state index < -0.39 is 0 Å². The zero-order chi connectivity index (χ0) is 13.0. The first-order chi connectivity index (χ1) is 7.47. The van der Waals surface area contributed by atoms with Crippen molar-refractivity contribution in [1.29, 1.82) is 5.26 Å². The maximum absolute atomic E-state index is 10.3. The Morgan fingerprint density at radius 1 is 1.44 bits per heavy atom. The van der Waals surface area contributed by atoms with Crippen molar-refractivity contribution in [1.82, 2.24) is 0 Å². The topological polar surface area (TPSA) is 59.3 Å². The first-order valence-electron chi connectivity index (χ1n) is 5.53. The van der Waals surface area contributed by atoms with Crippen LogP contribution < -0.4 is 0 Å². The van der Waals surface area contributed by atoms with Crippen LogP contribution in [0.25, 0.3) is 0 Å². The van der Waals surface area contributed by atoms with Crippen molar-refractivity contribution < 1.29 is 14.3 Å². The number of hydrogen-bond donors (Lipinski definition) is 0. The zero-order valence-corrected chi connectivity index (χ0v) is 10.9. The number of carbonyl (C=O) groups is 1. The average Bonchev–Trinajstić information content (AvgIpc) is 2.18. The van der Waals surface area contributed by atoms with E-state index in [4.69, 9.17) is 14.7 Å². The van der Waals surface area contributed by atoms with Crippen LogP contribution in [0.3, 0.4) is 0 Å². The van der Waals surface area contributed by atoms with Gasteiger partial charge in [0.25, 0.3) is 0 Å². The first-order valence-corrected chi connectivity index (χ1v) is 5.53. The summed E-state index contributed by atoms with van der Waals surface area (Å²) in [7, 11) is 1.57. The fraction of sp³-hybridized carbons (Fsp3) is 0.833. The van der Waals surface area contributed by atoms with Crippen LogP contribution in [0.2, 0.25) is 0 Å². The Balaban J connectivity index is 0. The van der Waals surface area contributed by atoms with E-state index in [2.05, 4.69) is 13.0 Å². The minimum Gasteiger partial charge on any atom is -0.460 e. The third-order valence-corrected chi connectivity index (χ3v) is 1.71. The Labute approximate surface area is 98.5 Å². The van der Waals surface area contributed by atoms with Crippen molar-refractivity contribution >= 4 is 5.97 Å². The van der Waals surface area contributed by atoms with Gasteiger partial charge in [0, 0.05) is 20.0 Å². The van der Waals surface area contributed by atoms with Gasteiger partial charge >= 0.3 is 5.97 Å². The van der Waals surface area contributed by atoms with Crippen molar-refractivity contribution in [3.05, 3.63) is 0 Å². The van der Waals surface area contributed by atoms with Gasteiger partial charge < -0.3 is 9.47 Å². The van der Waals surface area contributed by atoms with E-state index in [1.807, 2.05) is 6.92 Å². The van der Waals surface area contributed by atoms with Crippen LogP contribution in [0.15, 0.2) is 0 Å². The van der Waals surface area contributed by atoms with Gasteiger partial charge in [0.2, 0.25) is 0 Å². The molecule has 0 spiro atoms. The summed E-state index contributed by atoms with van der Waals surface area (Å²) in [6.07, 6.45) is 2.03. The van der Waals surface area contributed by atoms with Crippen LogP contribution in [0.1, 0.15) is 40.5 Å². The predicted molar refractivity (Wildman–Crippen MR) is 62.8 cm³/mol. The molecule has 0 aromatic carbocycles. The summed E-state index contributed by atoms with van der Waals surface area (Å²) in [5.41, 5.74) is 0. The van der Waals surface area contributed by atoms with Crippen LogP contribution in [0, 0.1) is 17.2 Å². The molecule has 0 saturated heterocycles. The number of hydrogen-bond acceptors (Lipinski definition) is 4. The largest absolute Gasteiger partial charge is 0.460 e. The third-order valence-electron chi connectivity index (χ3n) is 1.71. The second kappa shape index (κ2) is 12.0. The number of ether oxygens (including phenoxy) is 2. The molecule has 0 rings (SSSR count). The lowest BCUT2D eigenvalue weighted by molar-refractivity contribution is -0.147. The van der Waals surface area contributed by atoms with Gasteiger partial charge in [-0.15, -0.1) is 0 Å². The van der Waals surface area contributed by atoms with Gasteiger partial charge in [-0.3, -0.25) is 4.79 Å². The minimum absolute atomic E-state index is 0.132. The molecule has 2 atom stereocenters. The van der Waals surface area contributed by atoms with Gasteiger partial charge in [-0.2, -0.15) is 5.26 Å². The molecule has 16 heavy (non-hydrogen) atoms. The van der Waals surface area contributed by atoms with E-state index in [9.17, 15) is 4.79 Å². The number of rotatable bonds is 5. The van der Waals surface area contributed by atoms with Gasteiger partial charge in [-0.1, -0.05) is 13.3 Å². The minimum atomic E-state index is -0.264. The second-order valence-corrected chi connectivity index (χ2v) is 3.69. The van der Waals surface area contributed by atoms with E-state index in [-0.39, 0.29) is 18.0 Å². The SMILES string of the molecule is CCCC(C)C#N.COCC(C)OC(C)=O. The highest BCUT2D eigenvalue weighted by atomic mass is 16.6. The Morgan fingerprint density at radius 2 is 2.00 bits per heavy atom. The van der Waals surface area contributed by atoms with Gasteiger partial charge in [-0.25, -0.2) is 0 Å². The molecule has 4 heteroatoms. The highest BCUT2D eigenvalue weighted by Crippen LogP contribution is 2.00. The monoisotopic (exact) mass is 229 g/mol. The second-order valence-electron chi connectivity index (χ2n) is 3.69. The van der Waals surface area contributed by atoms with E-state index in [1.54, 1.807) is 14.0 Å². The van der Waals surface area contributed by atoms with E-state index in [0.29, 0.717) is 6.61 Å². The molecule has 0 aliphatic rings. The van der Waals surface area contributed by atoms with E-state index in [1.165, 1.54) is 6.92 Å². The van der Waals surface area contributed by atoms with Crippen LogP contribution in [0.4, 0.5) is 0 Å². The lowest BCUT2D eigenvalue weighted by Gasteiger charge is -2.08. The maximum Gasteiger partial charge on any atom is 0.302 e. The quantitative estimate of drug-likeness (QED) is 0.680. The molecule has 0 saturated carbocycles. The van der Waals surface area contributed by atoms with Crippen molar-refractivity contribution in [3.63, 3.8) is 0 Å². The Hall–Kier alpha value is -1.08. The van der Waals surface area contributed by atoms with E-state index >= 15 is 0 Å². The molecule has 0 fully saturated rings. The highest BCUT2D eigenvalue weighted by molar-refractivity contribution is 5.66. The van der Waals surface area contributed by atoms with E-state index in [0.717, 1.165) is 12.8 Å². The summed E-state index contributed by atoms with van der Waals surface area (Å²) in [4.78, 5) is 10.3. The summed E-state index contributed by atoms with van der Waals surface area (Å²) in [5.74, 6) is -0.00968. The van der Waals surface area contributed by atoms with Crippen molar-refractivity contribution in [2.24, 2.45) is 5.92 Å². The fourth-order valence-corrected chi connectivity index (χ4v) is 1.05. The third kappa shape index (κ3) is 15.4. The van der Waals surface area contributed by atoms with Crippen LogP contribution in [-0.4, -0.2) is 25.8 Å². The van der Waals surface area contributed by atoms with Gasteiger partial charge in [0.1, 0.15) is 6.10 Å². The smallest absolute Gasteiger partial charge is 0.302 e. The molecule has 0 aliphatic carbocycles. The number of carbonyl (C=O) groups excluding carboxylic acids is 1. The first kappa shape index (κ1) is 17.3. The van der Waals surface area contributed by atoms with Crippen molar-refractivity contribution in [2.45, 2.75) is 46.6 Å². The number of esters is 1. The zero-order valence-electron chi connectivity index (χ0n) is 10.9. The Morgan fingerprint density at radius 3 is 2.25 bits per heavy atom. The lowest BCUT2D eigenvalue weighted by Crippen LogP contribution is -2.17. The number of methoxy groups -OCH3 is 1. The summed E-state index contributed by atoms with van der Waals surface area (Å²) in [6, 6.07) is 2.17. The average molecular weight is 229 g/mol. The van der Waals surface area contributed by atoms with Crippen LogP contribution >= 0.6 is 0 Å². The van der Waals surface area contributed by atoms with Gasteiger partial charge in [0.15, 0.2) is 0 Å². The summed E-state index contributed by atoms with van der Waals surface area (Å²) in [5, 5.41) is 8.22. The van der Waals surface area contributed by atoms with Gasteiger partial charge in [-0.05, 0) is 20.3 Å². The molecule has 0 aromatic heterocycles. The molecule has 2 unspecified atom stereocenters. The molecular formula is C12H23NO3.